The van der Waals surface area contributed by atoms with Gasteiger partial charge in [0, 0.05) is 50.8 Å². The van der Waals surface area contributed by atoms with Crippen LogP contribution in [0.25, 0.3) is 0 Å². The summed E-state index contributed by atoms with van der Waals surface area (Å²) in [6.45, 7) is 5.41. The zero-order valence-electron chi connectivity index (χ0n) is 16.3. The molecular weight excluding hydrogens is 366 g/mol. The van der Waals surface area contributed by atoms with Gasteiger partial charge in [-0.05, 0) is 37.3 Å². The highest BCUT2D eigenvalue weighted by molar-refractivity contribution is 5.92. The number of amides is 1. The summed E-state index contributed by atoms with van der Waals surface area (Å²) in [6, 6.07) is 15.4. The molecule has 1 saturated heterocycles. The lowest BCUT2D eigenvalue weighted by Crippen LogP contribution is -2.49. The quantitative estimate of drug-likeness (QED) is 0.663. The number of rotatable bonds is 5. The number of piperazine rings is 1. The Balaban J connectivity index is 1.41. The molecule has 2 aromatic heterocycles. The van der Waals surface area contributed by atoms with Crippen molar-refractivity contribution in [2.24, 2.45) is 0 Å². The number of nitrogens with zero attached hydrogens (tertiary/aromatic N) is 7. The molecule has 3 aromatic rings. The molecule has 0 unspecified atom stereocenters. The van der Waals surface area contributed by atoms with E-state index < -0.39 is 0 Å². The largest absolute Gasteiger partial charge is 0.337 e. The van der Waals surface area contributed by atoms with Crippen LogP contribution in [0.15, 0.2) is 60.9 Å². The van der Waals surface area contributed by atoms with Crippen molar-refractivity contribution in [3.63, 3.8) is 0 Å². The van der Waals surface area contributed by atoms with Crippen molar-refractivity contribution in [3.8, 4) is 0 Å². The Morgan fingerprint density at radius 1 is 0.931 bits per heavy atom. The average molecular weight is 389 g/mol. The first kappa shape index (κ1) is 18.8. The molecule has 4 rings (SSSR count). The number of hydrogen-bond acceptors (Lipinski definition) is 7. The summed E-state index contributed by atoms with van der Waals surface area (Å²) < 4.78 is 0. The van der Waals surface area contributed by atoms with Gasteiger partial charge < -0.3 is 14.7 Å². The van der Waals surface area contributed by atoms with Gasteiger partial charge in [-0.25, -0.2) is 9.97 Å². The Kier molecular flexibility index (Phi) is 5.60. The maximum atomic E-state index is 12.8. The molecular formula is C21H23N7O. The number of hydrogen-bond donors (Lipinski definition) is 0. The lowest BCUT2D eigenvalue weighted by molar-refractivity contribution is 0.0739. The van der Waals surface area contributed by atoms with Crippen molar-refractivity contribution in [3.05, 3.63) is 66.6 Å². The molecule has 1 aliphatic heterocycles. The minimum absolute atomic E-state index is 0.0968. The van der Waals surface area contributed by atoms with Crippen LogP contribution in [0.5, 0.6) is 0 Å². The van der Waals surface area contributed by atoms with Gasteiger partial charge in [-0.3, -0.25) is 4.79 Å². The Labute approximate surface area is 169 Å². The van der Waals surface area contributed by atoms with Gasteiger partial charge in [0.2, 0.25) is 5.95 Å². The fraction of sp³-hybridized carbons (Fsp3) is 0.286. The molecule has 8 nitrogen and oxygen atoms in total. The van der Waals surface area contributed by atoms with Crippen molar-refractivity contribution in [1.29, 1.82) is 0 Å². The summed E-state index contributed by atoms with van der Waals surface area (Å²) in [5, 5.41) is 8.51. The molecule has 0 radical (unpaired) electrons. The van der Waals surface area contributed by atoms with E-state index in [0.717, 1.165) is 18.1 Å². The Morgan fingerprint density at radius 3 is 2.28 bits per heavy atom. The van der Waals surface area contributed by atoms with E-state index in [9.17, 15) is 4.79 Å². The summed E-state index contributed by atoms with van der Waals surface area (Å²) in [7, 11) is 0. The standard InChI is InChI=1S/C21H23N7O/c1-2-28(17-7-4-3-5-8-17)19-10-9-18(24-25-19)20(29)26-13-15-27(16-14-26)21-22-11-6-12-23-21/h3-12H,2,13-16H2,1H3. The van der Waals surface area contributed by atoms with E-state index in [2.05, 4.69) is 36.9 Å². The zero-order chi connectivity index (χ0) is 20.1. The Hall–Kier alpha value is -3.55. The predicted molar refractivity (Wildman–Crippen MR) is 111 cm³/mol. The first-order valence-corrected chi connectivity index (χ1v) is 9.74. The predicted octanol–water partition coefficient (Wildman–Crippen LogP) is 2.39. The summed E-state index contributed by atoms with van der Waals surface area (Å²) >= 11 is 0. The van der Waals surface area contributed by atoms with E-state index >= 15 is 0 Å². The number of para-hydroxylation sites is 1. The molecule has 0 N–H and O–H groups in total. The van der Waals surface area contributed by atoms with Crippen molar-refractivity contribution in [2.75, 3.05) is 42.5 Å². The summed E-state index contributed by atoms with van der Waals surface area (Å²) in [5.74, 6) is 1.33. The zero-order valence-corrected chi connectivity index (χ0v) is 16.3. The lowest BCUT2D eigenvalue weighted by Gasteiger charge is -2.34. The first-order chi connectivity index (χ1) is 14.3. The van der Waals surface area contributed by atoms with Crippen LogP contribution in [0.1, 0.15) is 17.4 Å². The fourth-order valence-electron chi connectivity index (χ4n) is 3.39. The van der Waals surface area contributed by atoms with Crippen LogP contribution in [0, 0.1) is 0 Å². The minimum atomic E-state index is -0.0968. The van der Waals surface area contributed by atoms with Gasteiger partial charge in [0.15, 0.2) is 11.5 Å². The molecule has 1 amide bonds. The van der Waals surface area contributed by atoms with Crippen LogP contribution in [0.2, 0.25) is 0 Å². The third kappa shape index (κ3) is 4.16. The second-order valence-electron chi connectivity index (χ2n) is 6.68. The normalized spacial score (nSPS) is 14.0. The number of anilines is 3. The van der Waals surface area contributed by atoms with E-state index in [1.165, 1.54) is 0 Å². The molecule has 0 saturated carbocycles. The highest BCUT2D eigenvalue weighted by Crippen LogP contribution is 2.22. The second-order valence-corrected chi connectivity index (χ2v) is 6.68. The van der Waals surface area contributed by atoms with Gasteiger partial charge in [-0.2, -0.15) is 0 Å². The van der Waals surface area contributed by atoms with Crippen molar-refractivity contribution < 1.29 is 4.79 Å². The van der Waals surface area contributed by atoms with Gasteiger partial charge in [0.05, 0.1) is 0 Å². The van der Waals surface area contributed by atoms with Crippen LogP contribution in [-0.2, 0) is 0 Å². The summed E-state index contributed by atoms with van der Waals surface area (Å²) in [6.07, 6.45) is 3.46. The van der Waals surface area contributed by atoms with E-state index in [4.69, 9.17) is 0 Å². The van der Waals surface area contributed by atoms with Gasteiger partial charge >= 0.3 is 0 Å². The number of aromatic nitrogens is 4. The molecule has 1 aromatic carbocycles. The van der Waals surface area contributed by atoms with Crippen molar-refractivity contribution in [2.45, 2.75) is 6.92 Å². The van der Waals surface area contributed by atoms with Crippen LogP contribution < -0.4 is 9.80 Å². The van der Waals surface area contributed by atoms with Gasteiger partial charge in [-0.15, -0.1) is 10.2 Å². The van der Waals surface area contributed by atoms with Crippen LogP contribution >= 0.6 is 0 Å². The molecule has 29 heavy (non-hydrogen) atoms. The smallest absolute Gasteiger partial charge is 0.274 e. The van der Waals surface area contributed by atoms with Gasteiger partial charge in [-0.1, -0.05) is 18.2 Å². The molecule has 3 heterocycles. The maximum absolute atomic E-state index is 12.8. The van der Waals surface area contributed by atoms with E-state index in [0.29, 0.717) is 37.8 Å². The third-order valence-corrected chi connectivity index (χ3v) is 4.93. The van der Waals surface area contributed by atoms with E-state index in [1.54, 1.807) is 29.4 Å². The molecule has 0 aliphatic carbocycles. The molecule has 1 aliphatic rings. The Bertz CT molecular complexity index is 926. The minimum Gasteiger partial charge on any atom is -0.337 e. The van der Waals surface area contributed by atoms with Gasteiger partial charge in [0.1, 0.15) is 0 Å². The third-order valence-electron chi connectivity index (χ3n) is 4.93. The second kappa shape index (κ2) is 8.64. The van der Waals surface area contributed by atoms with Crippen LogP contribution in [-0.4, -0.2) is 63.7 Å². The maximum Gasteiger partial charge on any atom is 0.274 e. The molecule has 148 valence electrons. The fourth-order valence-corrected chi connectivity index (χ4v) is 3.39. The molecule has 8 heteroatoms. The number of benzene rings is 1. The highest BCUT2D eigenvalue weighted by Gasteiger charge is 2.24. The average Bonchev–Trinajstić information content (AvgIpc) is 2.81. The molecule has 0 spiro atoms. The SMILES string of the molecule is CCN(c1ccccc1)c1ccc(C(=O)N2CCN(c3ncccn3)CC2)nn1. The highest BCUT2D eigenvalue weighted by atomic mass is 16.2. The van der Waals surface area contributed by atoms with Crippen molar-refractivity contribution >= 4 is 23.4 Å². The van der Waals surface area contributed by atoms with Crippen molar-refractivity contribution in [1.82, 2.24) is 25.1 Å². The Morgan fingerprint density at radius 2 is 1.66 bits per heavy atom. The number of carbonyl (C=O) groups is 1. The topological polar surface area (TPSA) is 78.4 Å². The summed E-state index contributed by atoms with van der Waals surface area (Å²) in [4.78, 5) is 27.3. The molecule has 0 bridgehead atoms. The summed E-state index contributed by atoms with van der Waals surface area (Å²) in [5.41, 5.74) is 1.41. The van der Waals surface area contributed by atoms with Gasteiger partial charge in [0.25, 0.3) is 5.91 Å². The van der Waals surface area contributed by atoms with E-state index in [-0.39, 0.29) is 5.91 Å². The first-order valence-electron chi connectivity index (χ1n) is 9.74. The van der Waals surface area contributed by atoms with Crippen LogP contribution in [0.3, 0.4) is 0 Å². The molecule has 0 atom stereocenters. The lowest BCUT2D eigenvalue weighted by atomic mass is 10.2. The number of carbonyl (C=O) groups excluding carboxylic acids is 1. The van der Waals surface area contributed by atoms with Crippen LogP contribution in [0.4, 0.5) is 17.5 Å². The monoisotopic (exact) mass is 389 g/mol. The molecule has 1 fully saturated rings. The van der Waals surface area contributed by atoms with E-state index in [1.807, 2.05) is 36.4 Å².